The molecule has 0 bridgehead atoms. The van der Waals surface area contributed by atoms with Crippen LogP contribution in [0.15, 0.2) is 14.3 Å². The zero-order valence-corrected chi connectivity index (χ0v) is 16.8. The van der Waals surface area contributed by atoms with Crippen molar-refractivity contribution in [2.45, 2.75) is 39.8 Å². The van der Waals surface area contributed by atoms with Gasteiger partial charge in [-0.1, -0.05) is 0 Å². The van der Waals surface area contributed by atoms with Gasteiger partial charge in [0.05, 0.1) is 3.79 Å². The van der Waals surface area contributed by atoms with E-state index in [4.69, 9.17) is 4.74 Å². The van der Waals surface area contributed by atoms with E-state index in [0.29, 0.717) is 13.1 Å². The van der Waals surface area contributed by atoms with Crippen molar-refractivity contribution in [1.29, 1.82) is 0 Å². The third-order valence-electron chi connectivity index (χ3n) is 2.59. The van der Waals surface area contributed by atoms with Gasteiger partial charge in [0, 0.05) is 35.5 Å². The molecule has 4 nitrogen and oxygen atoms in total. The first-order valence-electron chi connectivity index (χ1n) is 6.85. The van der Waals surface area contributed by atoms with Crippen molar-refractivity contribution in [3.05, 3.63) is 19.2 Å². The van der Waals surface area contributed by atoms with E-state index in [1.165, 1.54) is 4.88 Å². The standard InChI is InChI=1S/C14H22Br2N2O2S/c1-5-18(13(19)20-14(2,3)4)7-6-17-9-10-8-11(15)12(16)21-10/h8,17H,5-7,9H2,1-4H3. The van der Waals surface area contributed by atoms with Gasteiger partial charge in [0.25, 0.3) is 0 Å². The molecule has 0 fully saturated rings. The van der Waals surface area contributed by atoms with Crippen molar-refractivity contribution >= 4 is 49.3 Å². The molecular formula is C14H22Br2N2O2S. The van der Waals surface area contributed by atoms with Gasteiger partial charge in [-0.3, -0.25) is 0 Å². The lowest BCUT2D eigenvalue weighted by atomic mass is 10.2. The SMILES string of the molecule is CCN(CCNCc1cc(Br)c(Br)s1)C(=O)OC(C)(C)C. The summed E-state index contributed by atoms with van der Waals surface area (Å²) in [7, 11) is 0. The van der Waals surface area contributed by atoms with Crippen LogP contribution in [0, 0.1) is 0 Å². The summed E-state index contributed by atoms with van der Waals surface area (Å²) in [5.74, 6) is 0. The number of amides is 1. The van der Waals surface area contributed by atoms with E-state index in [9.17, 15) is 4.79 Å². The second-order valence-electron chi connectivity index (χ2n) is 5.57. The fraction of sp³-hybridized carbons (Fsp3) is 0.643. The number of likely N-dealkylation sites (N-methyl/N-ethyl adjacent to an activating group) is 1. The summed E-state index contributed by atoms with van der Waals surface area (Å²) >= 11 is 8.65. The zero-order valence-electron chi connectivity index (χ0n) is 12.8. The highest BCUT2D eigenvalue weighted by molar-refractivity contribution is 9.13. The third kappa shape index (κ3) is 7.13. The minimum atomic E-state index is -0.451. The average molecular weight is 442 g/mol. The molecule has 0 atom stereocenters. The molecule has 1 aromatic rings. The number of hydrogen-bond acceptors (Lipinski definition) is 4. The summed E-state index contributed by atoms with van der Waals surface area (Å²) in [5.41, 5.74) is -0.451. The van der Waals surface area contributed by atoms with Crippen molar-refractivity contribution in [1.82, 2.24) is 10.2 Å². The maximum Gasteiger partial charge on any atom is 0.410 e. The molecule has 21 heavy (non-hydrogen) atoms. The van der Waals surface area contributed by atoms with Gasteiger partial charge >= 0.3 is 6.09 Å². The van der Waals surface area contributed by atoms with Gasteiger partial charge in [-0.25, -0.2) is 4.79 Å². The number of nitrogens with one attached hydrogen (secondary N) is 1. The second-order valence-corrected chi connectivity index (χ2v) is 8.88. The number of ether oxygens (including phenoxy) is 1. The van der Waals surface area contributed by atoms with Gasteiger partial charge in [-0.15, -0.1) is 11.3 Å². The number of rotatable bonds is 6. The summed E-state index contributed by atoms with van der Waals surface area (Å²) in [6.45, 7) is 10.4. The lowest BCUT2D eigenvalue weighted by Crippen LogP contribution is -2.40. The number of thiophene rings is 1. The number of carbonyl (C=O) groups is 1. The Morgan fingerprint density at radius 2 is 2.10 bits per heavy atom. The molecule has 0 saturated carbocycles. The molecule has 7 heteroatoms. The Morgan fingerprint density at radius 3 is 2.57 bits per heavy atom. The molecule has 0 radical (unpaired) electrons. The van der Waals surface area contributed by atoms with Crippen LogP contribution in [0.2, 0.25) is 0 Å². The van der Waals surface area contributed by atoms with E-state index in [0.717, 1.165) is 21.3 Å². The zero-order chi connectivity index (χ0) is 16.0. The van der Waals surface area contributed by atoms with E-state index in [-0.39, 0.29) is 6.09 Å². The molecule has 0 aromatic carbocycles. The summed E-state index contributed by atoms with van der Waals surface area (Å²) in [6.07, 6.45) is -0.256. The molecule has 0 unspecified atom stereocenters. The highest BCUT2D eigenvalue weighted by atomic mass is 79.9. The van der Waals surface area contributed by atoms with Crippen molar-refractivity contribution < 1.29 is 9.53 Å². The molecule has 1 heterocycles. The lowest BCUT2D eigenvalue weighted by Gasteiger charge is -2.26. The van der Waals surface area contributed by atoms with E-state index in [2.05, 4.69) is 43.2 Å². The summed E-state index contributed by atoms with van der Waals surface area (Å²) in [5, 5.41) is 3.34. The predicted octanol–water partition coefficient (Wildman–Crippen LogP) is 4.62. The Kier molecular flexibility index (Phi) is 7.67. The molecule has 1 rings (SSSR count). The Balaban J connectivity index is 2.33. The molecule has 1 amide bonds. The van der Waals surface area contributed by atoms with E-state index in [1.54, 1.807) is 16.2 Å². The summed E-state index contributed by atoms with van der Waals surface area (Å²) < 4.78 is 7.55. The highest BCUT2D eigenvalue weighted by Gasteiger charge is 2.20. The molecule has 0 spiro atoms. The van der Waals surface area contributed by atoms with Crippen LogP contribution in [0.5, 0.6) is 0 Å². The molecule has 0 aliphatic carbocycles. The normalized spacial score (nSPS) is 11.5. The molecule has 1 N–H and O–H groups in total. The Hall–Kier alpha value is -0.110. The van der Waals surface area contributed by atoms with Gasteiger partial charge in [0.15, 0.2) is 0 Å². The van der Waals surface area contributed by atoms with Crippen LogP contribution in [0.1, 0.15) is 32.6 Å². The first-order chi connectivity index (χ1) is 9.73. The minimum Gasteiger partial charge on any atom is -0.444 e. The second kappa shape index (κ2) is 8.50. The van der Waals surface area contributed by atoms with E-state index in [1.807, 2.05) is 27.7 Å². The molecular weight excluding hydrogens is 420 g/mol. The van der Waals surface area contributed by atoms with Crippen LogP contribution in [-0.4, -0.2) is 36.2 Å². The predicted molar refractivity (Wildman–Crippen MR) is 94.9 cm³/mol. The monoisotopic (exact) mass is 440 g/mol. The van der Waals surface area contributed by atoms with E-state index >= 15 is 0 Å². The fourth-order valence-electron chi connectivity index (χ4n) is 1.61. The van der Waals surface area contributed by atoms with Crippen LogP contribution < -0.4 is 5.32 Å². The van der Waals surface area contributed by atoms with Crippen molar-refractivity contribution in [2.24, 2.45) is 0 Å². The smallest absolute Gasteiger partial charge is 0.410 e. The van der Waals surface area contributed by atoms with Crippen molar-refractivity contribution in [2.75, 3.05) is 19.6 Å². The Labute approximate surface area is 147 Å². The van der Waals surface area contributed by atoms with Crippen molar-refractivity contribution in [3.63, 3.8) is 0 Å². The van der Waals surface area contributed by atoms with Gasteiger partial charge in [-0.05, 0) is 65.6 Å². The Morgan fingerprint density at radius 1 is 1.43 bits per heavy atom. The summed E-state index contributed by atoms with van der Waals surface area (Å²) in [6, 6.07) is 2.09. The maximum atomic E-state index is 12.0. The minimum absolute atomic E-state index is 0.256. The number of halogens is 2. The fourth-order valence-corrected chi connectivity index (χ4v) is 3.76. The first kappa shape index (κ1) is 18.9. The van der Waals surface area contributed by atoms with Crippen LogP contribution in [0.25, 0.3) is 0 Å². The van der Waals surface area contributed by atoms with Crippen LogP contribution in [0.4, 0.5) is 4.79 Å². The average Bonchev–Trinajstić information content (AvgIpc) is 2.66. The number of nitrogens with zero attached hydrogens (tertiary/aromatic N) is 1. The van der Waals surface area contributed by atoms with Gasteiger partial charge in [0.1, 0.15) is 5.60 Å². The molecule has 1 aromatic heterocycles. The highest BCUT2D eigenvalue weighted by Crippen LogP contribution is 2.32. The quantitative estimate of drug-likeness (QED) is 0.654. The largest absolute Gasteiger partial charge is 0.444 e. The number of hydrogen-bond donors (Lipinski definition) is 1. The first-order valence-corrected chi connectivity index (χ1v) is 9.25. The third-order valence-corrected chi connectivity index (χ3v) is 5.84. The molecule has 0 saturated heterocycles. The molecule has 0 aliphatic heterocycles. The van der Waals surface area contributed by atoms with Gasteiger partial charge in [-0.2, -0.15) is 0 Å². The number of carbonyl (C=O) groups excluding carboxylic acids is 1. The van der Waals surface area contributed by atoms with E-state index < -0.39 is 5.60 Å². The van der Waals surface area contributed by atoms with Crippen molar-refractivity contribution in [3.8, 4) is 0 Å². The molecule has 0 aliphatic rings. The molecule has 120 valence electrons. The van der Waals surface area contributed by atoms with Gasteiger partial charge in [0.2, 0.25) is 0 Å². The Bertz CT molecular complexity index is 453. The topological polar surface area (TPSA) is 41.6 Å². The lowest BCUT2D eigenvalue weighted by molar-refractivity contribution is 0.0262. The van der Waals surface area contributed by atoms with Crippen LogP contribution in [0.3, 0.4) is 0 Å². The van der Waals surface area contributed by atoms with Gasteiger partial charge < -0.3 is 15.0 Å². The maximum absolute atomic E-state index is 12.0. The van der Waals surface area contributed by atoms with Crippen LogP contribution >= 0.6 is 43.2 Å². The summed E-state index contributed by atoms with van der Waals surface area (Å²) in [4.78, 5) is 14.9. The van der Waals surface area contributed by atoms with Crippen LogP contribution in [-0.2, 0) is 11.3 Å².